The molecule has 0 radical (unpaired) electrons. The van der Waals surface area contributed by atoms with E-state index in [0.29, 0.717) is 0 Å². The van der Waals surface area contributed by atoms with E-state index in [0.717, 1.165) is 18.3 Å². The average Bonchev–Trinajstić information content (AvgIpc) is 2.61. The Morgan fingerprint density at radius 3 is 2.93 bits per heavy atom. The van der Waals surface area contributed by atoms with Crippen molar-refractivity contribution in [1.82, 2.24) is 9.55 Å². The van der Waals surface area contributed by atoms with Crippen LogP contribution in [0.25, 0.3) is 0 Å². The molecule has 0 fully saturated rings. The number of nitrogens with zero attached hydrogens (tertiary/aromatic N) is 2. The van der Waals surface area contributed by atoms with E-state index in [1.54, 1.807) is 0 Å². The zero-order valence-electron chi connectivity index (χ0n) is 8.88. The summed E-state index contributed by atoms with van der Waals surface area (Å²) in [7, 11) is 0. The van der Waals surface area contributed by atoms with Crippen LogP contribution in [0.5, 0.6) is 0 Å². The number of alkyl halides is 1. The lowest BCUT2D eigenvalue weighted by atomic mass is 10.2. The maximum absolute atomic E-state index is 4.36. The number of aromatic nitrogens is 2. The number of hydrogen-bond acceptors (Lipinski definition) is 1. The molecule has 0 atom stereocenters. The summed E-state index contributed by atoms with van der Waals surface area (Å²) >= 11 is 3.45. The summed E-state index contributed by atoms with van der Waals surface area (Å²) in [6, 6.07) is 0. The fraction of sp³-hybridized carbons (Fsp3) is 0.727. The van der Waals surface area contributed by atoms with Gasteiger partial charge in [-0.1, -0.05) is 29.3 Å². The number of unbranched alkanes of at least 4 members (excludes halogenated alkanes) is 2. The van der Waals surface area contributed by atoms with Crippen molar-refractivity contribution in [2.75, 3.05) is 5.33 Å². The largest absolute Gasteiger partial charge is 0.335 e. The van der Waals surface area contributed by atoms with Gasteiger partial charge in [-0.15, -0.1) is 0 Å². The van der Waals surface area contributed by atoms with Crippen molar-refractivity contribution in [3.05, 3.63) is 18.2 Å². The van der Waals surface area contributed by atoms with Gasteiger partial charge in [-0.25, -0.2) is 4.98 Å². The minimum Gasteiger partial charge on any atom is -0.335 e. The topological polar surface area (TPSA) is 17.8 Å². The smallest absolute Gasteiger partial charge is 0.108 e. The van der Waals surface area contributed by atoms with Gasteiger partial charge in [0.1, 0.15) is 5.82 Å². The number of hydrogen-bond donors (Lipinski definition) is 0. The van der Waals surface area contributed by atoms with E-state index in [1.807, 2.05) is 6.20 Å². The Bertz CT molecular complexity index is 245. The van der Waals surface area contributed by atoms with Gasteiger partial charge in [0, 0.05) is 30.7 Å². The molecule has 1 aromatic heterocycles. The molecule has 0 aliphatic heterocycles. The van der Waals surface area contributed by atoms with Crippen LogP contribution in [0.3, 0.4) is 0 Å². The summed E-state index contributed by atoms with van der Waals surface area (Å²) in [6.07, 6.45) is 10.1. The summed E-state index contributed by atoms with van der Waals surface area (Å²) < 4.78 is 2.29. The fourth-order valence-electron chi connectivity index (χ4n) is 1.55. The average molecular weight is 259 g/mol. The Balaban J connectivity index is 2.30. The van der Waals surface area contributed by atoms with Gasteiger partial charge in [-0.2, -0.15) is 0 Å². The molecule has 0 spiro atoms. The molecular weight excluding hydrogens is 240 g/mol. The Morgan fingerprint density at radius 2 is 2.21 bits per heavy atom. The van der Waals surface area contributed by atoms with Crippen LogP contribution in [0.15, 0.2) is 12.4 Å². The molecule has 80 valence electrons. The van der Waals surface area contributed by atoms with Crippen LogP contribution in [0.2, 0.25) is 0 Å². The monoisotopic (exact) mass is 258 g/mol. The third-order valence-corrected chi connectivity index (χ3v) is 2.87. The van der Waals surface area contributed by atoms with Crippen LogP contribution in [0, 0.1) is 0 Å². The molecule has 2 nitrogen and oxygen atoms in total. The first-order valence-corrected chi connectivity index (χ1v) is 6.56. The number of aryl methyl sites for hydroxylation is 2. The highest BCUT2D eigenvalue weighted by Crippen LogP contribution is 2.05. The van der Waals surface area contributed by atoms with Crippen molar-refractivity contribution < 1.29 is 0 Å². The number of rotatable bonds is 7. The van der Waals surface area contributed by atoms with E-state index in [2.05, 4.69) is 38.6 Å². The molecular formula is C11H19BrN2. The quantitative estimate of drug-likeness (QED) is 0.542. The zero-order chi connectivity index (χ0) is 10.2. The van der Waals surface area contributed by atoms with Crippen LogP contribution in [0.1, 0.15) is 38.4 Å². The Labute approximate surface area is 94.9 Å². The van der Waals surface area contributed by atoms with Gasteiger partial charge in [0.15, 0.2) is 0 Å². The lowest BCUT2D eigenvalue weighted by molar-refractivity contribution is 0.578. The molecule has 0 bridgehead atoms. The molecule has 0 aromatic carbocycles. The van der Waals surface area contributed by atoms with Gasteiger partial charge in [0.25, 0.3) is 0 Å². The van der Waals surface area contributed by atoms with Crippen molar-refractivity contribution in [1.29, 1.82) is 0 Å². The van der Waals surface area contributed by atoms with Gasteiger partial charge in [-0.05, 0) is 19.3 Å². The molecule has 0 unspecified atom stereocenters. The summed E-state index contributed by atoms with van der Waals surface area (Å²) in [4.78, 5) is 4.36. The maximum Gasteiger partial charge on any atom is 0.108 e. The van der Waals surface area contributed by atoms with E-state index in [-0.39, 0.29) is 0 Å². The van der Waals surface area contributed by atoms with Crippen molar-refractivity contribution in [3.8, 4) is 0 Å². The van der Waals surface area contributed by atoms with Crippen molar-refractivity contribution in [2.24, 2.45) is 0 Å². The van der Waals surface area contributed by atoms with Crippen molar-refractivity contribution in [2.45, 2.75) is 45.6 Å². The van der Waals surface area contributed by atoms with E-state index in [9.17, 15) is 0 Å². The highest BCUT2D eigenvalue weighted by molar-refractivity contribution is 9.09. The minimum absolute atomic E-state index is 1.10. The molecule has 3 heteroatoms. The lowest BCUT2D eigenvalue weighted by Crippen LogP contribution is -2.03. The Kier molecular flexibility index (Phi) is 5.92. The number of halogens is 1. The molecule has 1 rings (SSSR count). The lowest BCUT2D eigenvalue weighted by Gasteiger charge is -2.06. The van der Waals surface area contributed by atoms with E-state index < -0.39 is 0 Å². The predicted molar refractivity (Wildman–Crippen MR) is 63.9 cm³/mol. The van der Waals surface area contributed by atoms with Crippen LogP contribution in [-0.4, -0.2) is 14.9 Å². The molecule has 14 heavy (non-hydrogen) atoms. The predicted octanol–water partition coefficient (Wildman–Crippen LogP) is 3.40. The van der Waals surface area contributed by atoms with Crippen molar-refractivity contribution >= 4 is 15.9 Å². The van der Waals surface area contributed by atoms with E-state index in [4.69, 9.17) is 0 Å². The van der Waals surface area contributed by atoms with Crippen LogP contribution in [-0.2, 0) is 13.0 Å². The first-order valence-electron chi connectivity index (χ1n) is 5.44. The van der Waals surface area contributed by atoms with Crippen LogP contribution in [0.4, 0.5) is 0 Å². The van der Waals surface area contributed by atoms with Gasteiger partial charge >= 0.3 is 0 Å². The summed E-state index contributed by atoms with van der Waals surface area (Å²) in [6.45, 7) is 3.33. The Morgan fingerprint density at radius 1 is 1.36 bits per heavy atom. The van der Waals surface area contributed by atoms with Crippen LogP contribution >= 0.6 is 15.9 Å². The third kappa shape index (κ3) is 3.82. The van der Waals surface area contributed by atoms with Gasteiger partial charge in [0.2, 0.25) is 0 Å². The summed E-state index contributed by atoms with van der Waals surface area (Å²) in [5, 5.41) is 1.12. The second-order valence-corrected chi connectivity index (χ2v) is 4.33. The summed E-state index contributed by atoms with van der Waals surface area (Å²) in [5.74, 6) is 1.24. The zero-order valence-corrected chi connectivity index (χ0v) is 10.5. The molecule has 0 N–H and O–H groups in total. The SMILES string of the molecule is CCCc1nccn1CCCCCBr. The highest BCUT2D eigenvalue weighted by Gasteiger charge is 2.00. The van der Waals surface area contributed by atoms with E-state index >= 15 is 0 Å². The first kappa shape index (κ1) is 11.8. The van der Waals surface area contributed by atoms with Crippen LogP contribution < -0.4 is 0 Å². The maximum atomic E-state index is 4.36. The first-order chi connectivity index (χ1) is 6.88. The molecule has 0 saturated carbocycles. The van der Waals surface area contributed by atoms with Gasteiger partial charge < -0.3 is 4.57 Å². The van der Waals surface area contributed by atoms with Gasteiger partial charge in [-0.3, -0.25) is 0 Å². The molecule has 0 aliphatic rings. The normalized spacial score (nSPS) is 10.7. The molecule has 1 heterocycles. The highest BCUT2D eigenvalue weighted by atomic mass is 79.9. The molecule has 1 aromatic rings. The van der Waals surface area contributed by atoms with E-state index in [1.165, 1.54) is 31.5 Å². The fourth-order valence-corrected chi connectivity index (χ4v) is 1.95. The van der Waals surface area contributed by atoms with Crippen molar-refractivity contribution in [3.63, 3.8) is 0 Å². The molecule has 0 aliphatic carbocycles. The summed E-state index contributed by atoms with van der Waals surface area (Å²) in [5.41, 5.74) is 0. The minimum atomic E-state index is 1.10. The Hall–Kier alpha value is -0.310. The second kappa shape index (κ2) is 7.04. The standard InChI is InChI=1S/C11H19BrN2/c1-2-6-11-13-8-10-14(11)9-5-3-4-7-12/h8,10H,2-7,9H2,1H3. The molecule has 0 saturated heterocycles. The molecule has 0 amide bonds. The number of imidazole rings is 1. The third-order valence-electron chi connectivity index (χ3n) is 2.31. The van der Waals surface area contributed by atoms with Gasteiger partial charge in [0.05, 0.1) is 0 Å². The second-order valence-electron chi connectivity index (χ2n) is 3.54.